The molecule has 146 valence electrons. The second-order valence-electron chi connectivity index (χ2n) is 6.63. The van der Waals surface area contributed by atoms with Gasteiger partial charge in [-0.3, -0.25) is 14.5 Å². The molecule has 0 aromatic heterocycles. The van der Waals surface area contributed by atoms with Crippen molar-refractivity contribution in [1.82, 2.24) is 4.90 Å². The summed E-state index contributed by atoms with van der Waals surface area (Å²) in [7, 11) is 0. The number of carboxylic acid groups (broad SMARTS) is 1. The number of carboxylic acids is 1. The molecule has 0 bridgehead atoms. The Balaban J connectivity index is 1.66. The molecule has 1 aromatic carbocycles. The standard InChI is InChI=1S/C18H16FN3O5S/c19-11-6-10(23)1-2-12(11)21-4-3-8(15(21)24)5-9-7-28-17-13(20)16(25)22(17)14(9)18(26)27/h1-2,5-6,13,17,23H,3-4,7,20H2,(H,26,27)/b8-5+/t13-,17-/m1/s1. The van der Waals surface area contributed by atoms with E-state index in [9.17, 15) is 29.0 Å². The number of β-lactam (4-membered cyclic amide) rings is 1. The summed E-state index contributed by atoms with van der Waals surface area (Å²) in [6.07, 6.45) is 1.78. The van der Waals surface area contributed by atoms with Crippen LogP contribution in [0.3, 0.4) is 0 Å². The fourth-order valence-electron chi connectivity index (χ4n) is 3.55. The van der Waals surface area contributed by atoms with Gasteiger partial charge in [0.25, 0.3) is 5.91 Å². The van der Waals surface area contributed by atoms with Crippen molar-refractivity contribution in [3.8, 4) is 5.75 Å². The van der Waals surface area contributed by atoms with Crippen molar-refractivity contribution in [2.75, 3.05) is 17.2 Å². The molecular weight excluding hydrogens is 389 g/mol. The Morgan fingerprint density at radius 2 is 2.11 bits per heavy atom. The number of benzene rings is 1. The minimum atomic E-state index is -1.26. The monoisotopic (exact) mass is 405 g/mol. The molecule has 0 saturated carbocycles. The largest absolute Gasteiger partial charge is 0.508 e. The van der Waals surface area contributed by atoms with Gasteiger partial charge in [-0.25, -0.2) is 9.18 Å². The summed E-state index contributed by atoms with van der Waals surface area (Å²) in [5.41, 5.74) is 6.28. The van der Waals surface area contributed by atoms with Crippen molar-refractivity contribution < 1.29 is 29.0 Å². The maximum atomic E-state index is 14.1. The molecule has 0 unspecified atom stereocenters. The molecule has 2 saturated heterocycles. The first-order valence-electron chi connectivity index (χ1n) is 8.47. The Hall–Kier alpha value is -2.85. The molecule has 0 aliphatic carbocycles. The van der Waals surface area contributed by atoms with E-state index in [1.165, 1.54) is 34.9 Å². The van der Waals surface area contributed by atoms with E-state index >= 15 is 0 Å². The minimum Gasteiger partial charge on any atom is -0.508 e. The second kappa shape index (κ2) is 6.64. The normalized spacial score (nSPS) is 26.0. The lowest BCUT2D eigenvalue weighted by molar-refractivity contribution is -0.147. The number of phenolic OH excluding ortho intramolecular Hbond substituents is 1. The number of aliphatic carboxylic acids is 1. The highest BCUT2D eigenvalue weighted by atomic mass is 32.2. The quantitative estimate of drug-likeness (QED) is 0.501. The van der Waals surface area contributed by atoms with Crippen molar-refractivity contribution in [3.63, 3.8) is 0 Å². The van der Waals surface area contributed by atoms with E-state index in [1.807, 2.05) is 0 Å². The fraction of sp³-hybridized carbons (Fsp3) is 0.278. The smallest absolute Gasteiger partial charge is 0.352 e. The average Bonchev–Trinajstić information content (AvgIpc) is 3.01. The van der Waals surface area contributed by atoms with E-state index in [1.54, 1.807) is 0 Å². The third-order valence-electron chi connectivity index (χ3n) is 4.94. The number of carbonyl (C=O) groups excluding carboxylic acids is 2. The summed E-state index contributed by atoms with van der Waals surface area (Å²) in [6, 6.07) is 2.80. The maximum absolute atomic E-state index is 14.1. The first kappa shape index (κ1) is 18.5. The summed E-state index contributed by atoms with van der Waals surface area (Å²) in [5.74, 6) is -2.84. The van der Waals surface area contributed by atoms with Crippen LogP contribution in [0.4, 0.5) is 10.1 Å². The van der Waals surface area contributed by atoms with E-state index in [-0.39, 0.29) is 23.7 Å². The van der Waals surface area contributed by atoms with E-state index in [4.69, 9.17) is 5.73 Å². The van der Waals surface area contributed by atoms with Gasteiger partial charge >= 0.3 is 5.97 Å². The molecule has 2 amide bonds. The van der Waals surface area contributed by atoms with Gasteiger partial charge in [0.2, 0.25) is 5.91 Å². The molecule has 1 aromatic rings. The molecule has 10 heteroatoms. The van der Waals surface area contributed by atoms with Crippen molar-refractivity contribution in [2.24, 2.45) is 5.73 Å². The molecule has 0 radical (unpaired) electrons. The third kappa shape index (κ3) is 2.76. The molecule has 4 N–H and O–H groups in total. The summed E-state index contributed by atoms with van der Waals surface area (Å²) in [5, 5.41) is 18.5. The van der Waals surface area contributed by atoms with Gasteiger partial charge in [-0.1, -0.05) is 0 Å². The molecule has 3 heterocycles. The number of rotatable bonds is 3. The zero-order chi connectivity index (χ0) is 20.2. The van der Waals surface area contributed by atoms with Crippen LogP contribution in [0.5, 0.6) is 5.75 Å². The molecule has 2 atom stereocenters. The number of thioether (sulfide) groups is 1. The van der Waals surface area contributed by atoms with Gasteiger partial charge in [-0.05, 0) is 30.2 Å². The van der Waals surface area contributed by atoms with Crippen molar-refractivity contribution in [1.29, 1.82) is 0 Å². The SMILES string of the molecule is N[C@@H]1C(=O)N2C(C(=O)O)=C(/C=C3\CCN(c4ccc(O)cc4F)C3=O)CS[C@H]12. The molecule has 3 aliphatic heterocycles. The number of allylic oxidation sites excluding steroid dienone is 1. The van der Waals surface area contributed by atoms with Crippen LogP contribution in [-0.4, -0.2) is 56.6 Å². The predicted molar refractivity (Wildman–Crippen MR) is 98.8 cm³/mol. The lowest BCUT2D eigenvalue weighted by Gasteiger charge is -2.47. The number of hydrogen-bond acceptors (Lipinski definition) is 6. The van der Waals surface area contributed by atoms with Gasteiger partial charge in [-0.2, -0.15) is 0 Å². The topological polar surface area (TPSA) is 124 Å². The average molecular weight is 405 g/mol. The fourth-order valence-corrected chi connectivity index (χ4v) is 4.81. The molecular formula is C18H16FN3O5S. The number of aromatic hydroxyl groups is 1. The number of fused-ring (bicyclic) bond motifs is 1. The van der Waals surface area contributed by atoms with Gasteiger partial charge in [0.15, 0.2) is 5.82 Å². The Bertz CT molecular complexity index is 976. The summed E-state index contributed by atoms with van der Waals surface area (Å²) >= 11 is 1.34. The van der Waals surface area contributed by atoms with Crippen LogP contribution in [0.2, 0.25) is 0 Å². The van der Waals surface area contributed by atoms with Crippen molar-refractivity contribution in [3.05, 3.63) is 46.9 Å². The number of phenols is 1. The Labute approximate surface area is 163 Å². The second-order valence-corrected chi connectivity index (χ2v) is 7.73. The summed E-state index contributed by atoms with van der Waals surface area (Å²) in [6.45, 7) is 0.228. The lowest BCUT2D eigenvalue weighted by atomic mass is 10.0. The summed E-state index contributed by atoms with van der Waals surface area (Å²) < 4.78 is 14.1. The molecule has 3 aliphatic rings. The van der Waals surface area contributed by atoms with E-state index in [0.717, 1.165) is 11.0 Å². The van der Waals surface area contributed by atoms with Gasteiger partial charge in [-0.15, -0.1) is 11.8 Å². The highest BCUT2D eigenvalue weighted by Gasteiger charge is 2.51. The summed E-state index contributed by atoms with van der Waals surface area (Å²) in [4.78, 5) is 38.8. The maximum Gasteiger partial charge on any atom is 0.352 e. The van der Waals surface area contributed by atoms with Crippen LogP contribution in [0.25, 0.3) is 0 Å². The number of amides is 2. The highest BCUT2D eigenvalue weighted by Crippen LogP contribution is 2.40. The lowest BCUT2D eigenvalue weighted by Crippen LogP contribution is -2.68. The van der Waals surface area contributed by atoms with Gasteiger partial charge in [0, 0.05) is 23.9 Å². The molecule has 28 heavy (non-hydrogen) atoms. The zero-order valence-electron chi connectivity index (χ0n) is 14.5. The first-order valence-corrected chi connectivity index (χ1v) is 9.52. The third-order valence-corrected chi connectivity index (χ3v) is 6.26. The molecule has 2 fully saturated rings. The number of anilines is 1. The van der Waals surface area contributed by atoms with Crippen molar-refractivity contribution in [2.45, 2.75) is 17.8 Å². The van der Waals surface area contributed by atoms with E-state index in [2.05, 4.69) is 0 Å². The van der Waals surface area contributed by atoms with Gasteiger partial charge < -0.3 is 20.8 Å². The molecule has 0 spiro atoms. The number of nitrogens with two attached hydrogens (primary N) is 1. The van der Waals surface area contributed by atoms with E-state index < -0.39 is 35.0 Å². The van der Waals surface area contributed by atoms with Crippen LogP contribution >= 0.6 is 11.8 Å². The van der Waals surface area contributed by atoms with E-state index in [0.29, 0.717) is 23.3 Å². The highest BCUT2D eigenvalue weighted by molar-refractivity contribution is 8.00. The van der Waals surface area contributed by atoms with Crippen LogP contribution in [-0.2, 0) is 14.4 Å². The minimum absolute atomic E-state index is 0.0422. The van der Waals surface area contributed by atoms with Crippen LogP contribution in [0.15, 0.2) is 41.1 Å². The number of halogens is 1. The first-order chi connectivity index (χ1) is 13.3. The van der Waals surface area contributed by atoms with Gasteiger partial charge in [0.1, 0.15) is 22.9 Å². The Kier molecular flexibility index (Phi) is 4.39. The predicted octanol–water partition coefficient (Wildman–Crippen LogP) is 0.775. The van der Waals surface area contributed by atoms with Gasteiger partial charge in [0.05, 0.1) is 5.69 Å². The number of carbonyl (C=O) groups is 3. The zero-order valence-corrected chi connectivity index (χ0v) is 15.3. The Morgan fingerprint density at radius 3 is 2.79 bits per heavy atom. The number of hydrogen-bond donors (Lipinski definition) is 3. The Morgan fingerprint density at radius 1 is 1.36 bits per heavy atom. The number of nitrogens with zero attached hydrogens (tertiary/aromatic N) is 2. The molecule has 4 rings (SSSR count). The van der Waals surface area contributed by atoms with Crippen LogP contribution in [0, 0.1) is 5.82 Å². The van der Waals surface area contributed by atoms with Crippen molar-refractivity contribution >= 4 is 35.2 Å². The van der Waals surface area contributed by atoms with Crippen LogP contribution < -0.4 is 10.6 Å². The van der Waals surface area contributed by atoms with Crippen LogP contribution in [0.1, 0.15) is 6.42 Å². The molecule has 8 nitrogen and oxygen atoms in total.